The number of hydrogen-bond acceptors (Lipinski definition) is 4. The topological polar surface area (TPSA) is 66.8 Å². The van der Waals surface area contributed by atoms with Crippen molar-refractivity contribution in [3.63, 3.8) is 0 Å². The Morgan fingerprint density at radius 1 is 1.13 bits per heavy atom. The van der Waals surface area contributed by atoms with Crippen LogP contribution in [0.15, 0.2) is 59.1 Å². The molecule has 30 heavy (non-hydrogen) atoms. The van der Waals surface area contributed by atoms with E-state index >= 15 is 0 Å². The molecule has 2 aromatic rings. The molecule has 0 aliphatic heterocycles. The SMILES string of the molecule is COC(=O)/C=C/c1cccc(N(C(=O)C2CCCCC2)C(O)c2ccc(Br)cc2)c1. The van der Waals surface area contributed by atoms with E-state index in [-0.39, 0.29) is 11.8 Å². The predicted octanol–water partition coefficient (Wildman–Crippen LogP) is 5.24. The number of aliphatic hydroxyl groups excluding tert-OH is 1. The van der Waals surface area contributed by atoms with Gasteiger partial charge in [0.1, 0.15) is 0 Å². The van der Waals surface area contributed by atoms with Gasteiger partial charge in [-0.05, 0) is 48.7 Å². The molecule has 0 radical (unpaired) electrons. The van der Waals surface area contributed by atoms with E-state index in [1.807, 2.05) is 24.3 Å². The number of nitrogens with zero attached hydrogens (tertiary/aromatic N) is 1. The van der Waals surface area contributed by atoms with Crippen LogP contribution in [0, 0.1) is 5.92 Å². The van der Waals surface area contributed by atoms with E-state index in [1.165, 1.54) is 18.1 Å². The average Bonchev–Trinajstić information content (AvgIpc) is 2.78. The molecule has 1 aliphatic carbocycles. The van der Waals surface area contributed by atoms with E-state index in [9.17, 15) is 14.7 Å². The zero-order valence-corrected chi connectivity index (χ0v) is 18.5. The number of hydrogen-bond donors (Lipinski definition) is 1. The second kappa shape index (κ2) is 10.5. The molecule has 1 aliphatic rings. The first-order valence-electron chi connectivity index (χ1n) is 10.1. The summed E-state index contributed by atoms with van der Waals surface area (Å²) < 4.78 is 5.54. The number of rotatable bonds is 6. The highest BCUT2D eigenvalue weighted by molar-refractivity contribution is 9.10. The quantitative estimate of drug-likeness (QED) is 0.355. The molecule has 0 saturated heterocycles. The van der Waals surface area contributed by atoms with Gasteiger partial charge in [0.15, 0.2) is 6.23 Å². The number of carbonyl (C=O) groups is 2. The maximum Gasteiger partial charge on any atom is 0.330 e. The monoisotopic (exact) mass is 471 g/mol. The number of aliphatic hydroxyl groups is 1. The summed E-state index contributed by atoms with van der Waals surface area (Å²) in [6.45, 7) is 0. The third-order valence-electron chi connectivity index (χ3n) is 5.37. The smallest absolute Gasteiger partial charge is 0.330 e. The standard InChI is InChI=1S/C24H26BrNO4/c1-30-22(27)15-10-17-6-5-9-21(16-17)26(23(28)18-7-3-2-4-8-18)24(29)19-11-13-20(25)14-12-19/h5-6,9-16,18,24,29H,2-4,7-8H2,1H3/b15-10+. The van der Waals surface area contributed by atoms with Crippen molar-refractivity contribution in [3.8, 4) is 0 Å². The molecule has 0 bridgehead atoms. The molecule has 1 unspecified atom stereocenters. The van der Waals surface area contributed by atoms with E-state index in [2.05, 4.69) is 20.7 Å². The van der Waals surface area contributed by atoms with Gasteiger partial charge in [-0.15, -0.1) is 0 Å². The van der Waals surface area contributed by atoms with E-state index in [0.717, 1.165) is 42.1 Å². The zero-order chi connectivity index (χ0) is 21.5. The minimum atomic E-state index is -1.10. The lowest BCUT2D eigenvalue weighted by molar-refractivity contribution is -0.134. The van der Waals surface area contributed by atoms with Crippen molar-refractivity contribution in [2.24, 2.45) is 5.92 Å². The Kier molecular flexibility index (Phi) is 7.82. The lowest BCUT2D eigenvalue weighted by atomic mass is 9.88. The van der Waals surface area contributed by atoms with Crippen molar-refractivity contribution in [2.75, 3.05) is 12.0 Å². The highest BCUT2D eigenvalue weighted by Gasteiger charge is 2.31. The van der Waals surface area contributed by atoms with Gasteiger partial charge in [-0.2, -0.15) is 0 Å². The maximum atomic E-state index is 13.5. The highest BCUT2D eigenvalue weighted by atomic mass is 79.9. The van der Waals surface area contributed by atoms with Crippen LogP contribution in [0.3, 0.4) is 0 Å². The van der Waals surface area contributed by atoms with Crippen LogP contribution in [0.2, 0.25) is 0 Å². The van der Waals surface area contributed by atoms with Gasteiger partial charge in [0.2, 0.25) is 5.91 Å². The van der Waals surface area contributed by atoms with Gasteiger partial charge < -0.3 is 9.84 Å². The molecule has 158 valence electrons. The number of ether oxygens (including phenoxy) is 1. The number of benzene rings is 2. The minimum Gasteiger partial charge on any atom is -0.466 e. The lowest BCUT2D eigenvalue weighted by Crippen LogP contribution is -2.40. The first-order chi connectivity index (χ1) is 14.5. The summed E-state index contributed by atoms with van der Waals surface area (Å²) in [5.41, 5.74) is 1.97. The van der Waals surface area contributed by atoms with Crippen molar-refractivity contribution in [2.45, 2.75) is 38.3 Å². The first kappa shape index (κ1) is 22.2. The Morgan fingerprint density at radius 3 is 2.50 bits per heavy atom. The third kappa shape index (κ3) is 5.58. The molecule has 1 amide bonds. The Labute approximate surface area is 185 Å². The molecule has 3 rings (SSSR count). The minimum absolute atomic E-state index is 0.0702. The van der Waals surface area contributed by atoms with Crippen molar-refractivity contribution in [1.29, 1.82) is 0 Å². The molecule has 1 saturated carbocycles. The summed E-state index contributed by atoms with van der Waals surface area (Å²) in [7, 11) is 1.32. The Morgan fingerprint density at radius 2 is 1.83 bits per heavy atom. The summed E-state index contributed by atoms with van der Waals surface area (Å²) >= 11 is 3.40. The molecular formula is C24H26BrNO4. The van der Waals surface area contributed by atoms with Crippen LogP contribution in [-0.4, -0.2) is 24.1 Å². The summed E-state index contributed by atoms with van der Waals surface area (Å²) in [6, 6.07) is 14.5. The van der Waals surface area contributed by atoms with Gasteiger partial charge in [0, 0.05) is 27.7 Å². The average molecular weight is 472 g/mol. The predicted molar refractivity (Wildman–Crippen MR) is 121 cm³/mol. The summed E-state index contributed by atoms with van der Waals surface area (Å²) in [4.78, 5) is 26.4. The van der Waals surface area contributed by atoms with Crippen LogP contribution in [-0.2, 0) is 14.3 Å². The second-order valence-corrected chi connectivity index (χ2v) is 8.34. The van der Waals surface area contributed by atoms with Crippen molar-refractivity contribution in [1.82, 2.24) is 0 Å². The third-order valence-corrected chi connectivity index (χ3v) is 5.89. The van der Waals surface area contributed by atoms with Crippen LogP contribution in [0.1, 0.15) is 49.5 Å². The largest absolute Gasteiger partial charge is 0.466 e. The lowest BCUT2D eigenvalue weighted by Gasteiger charge is -2.33. The first-order valence-corrected chi connectivity index (χ1v) is 10.9. The highest BCUT2D eigenvalue weighted by Crippen LogP contribution is 2.33. The van der Waals surface area contributed by atoms with Crippen LogP contribution >= 0.6 is 15.9 Å². The summed E-state index contributed by atoms with van der Waals surface area (Å²) in [5.74, 6) is -0.622. The number of esters is 1. The summed E-state index contributed by atoms with van der Waals surface area (Å²) in [6.07, 6.45) is 6.73. The van der Waals surface area contributed by atoms with Gasteiger partial charge in [-0.1, -0.05) is 59.5 Å². The molecule has 1 atom stereocenters. The van der Waals surface area contributed by atoms with Gasteiger partial charge in [-0.3, -0.25) is 9.69 Å². The van der Waals surface area contributed by atoms with Crippen molar-refractivity contribution in [3.05, 3.63) is 70.2 Å². The number of amides is 1. The fourth-order valence-electron chi connectivity index (χ4n) is 3.73. The Bertz CT molecular complexity index is 904. The molecule has 6 heteroatoms. The van der Waals surface area contributed by atoms with E-state index < -0.39 is 12.2 Å². The van der Waals surface area contributed by atoms with Crippen LogP contribution in [0.5, 0.6) is 0 Å². The number of methoxy groups -OCH3 is 1. The Balaban J connectivity index is 1.96. The number of anilines is 1. The second-order valence-electron chi connectivity index (χ2n) is 7.42. The molecule has 0 aromatic heterocycles. The fourth-order valence-corrected chi connectivity index (χ4v) is 3.99. The van der Waals surface area contributed by atoms with E-state index in [4.69, 9.17) is 0 Å². The van der Waals surface area contributed by atoms with Crippen LogP contribution in [0.25, 0.3) is 6.08 Å². The fraction of sp³-hybridized carbons (Fsp3) is 0.333. The molecule has 0 heterocycles. The molecule has 1 N–H and O–H groups in total. The van der Waals surface area contributed by atoms with E-state index in [1.54, 1.807) is 30.3 Å². The Hall–Kier alpha value is -2.44. The van der Waals surface area contributed by atoms with Crippen molar-refractivity contribution >= 4 is 39.6 Å². The molecule has 5 nitrogen and oxygen atoms in total. The van der Waals surface area contributed by atoms with Crippen molar-refractivity contribution < 1.29 is 19.4 Å². The molecular weight excluding hydrogens is 446 g/mol. The van der Waals surface area contributed by atoms with Crippen LogP contribution in [0.4, 0.5) is 5.69 Å². The van der Waals surface area contributed by atoms with Gasteiger partial charge in [0.25, 0.3) is 0 Å². The maximum absolute atomic E-state index is 13.5. The molecule has 0 spiro atoms. The summed E-state index contributed by atoms with van der Waals surface area (Å²) in [5, 5.41) is 11.2. The number of carbonyl (C=O) groups excluding carboxylic acids is 2. The number of halogens is 1. The normalized spacial score (nSPS) is 15.7. The van der Waals surface area contributed by atoms with Crippen LogP contribution < -0.4 is 4.90 Å². The van der Waals surface area contributed by atoms with Gasteiger partial charge in [-0.25, -0.2) is 4.79 Å². The van der Waals surface area contributed by atoms with E-state index in [0.29, 0.717) is 11.3 Å². The van der Waals surface area contributed by atoms with Gasteiger partial charge in [0.05, 0.1) is 7.11 Å². The molecule has 1 fully saturated rings. The zero-order valence-electron chi connectivity index (χ0n) is 17.0. The van der Waals surface area contributed by atoms with Gasteiger partial charge >= 0.3 is 5.97 Å². The molecule has 2 aromatic carbocycles.